The Morgan fingerprint density at radius 3 is 2.40 bits per heavy atom. The van der Waals surface area contributed by atoms with Crippen LogP contribution in [0.15, 0.2) is 89.8 Å². The Balaban J connectivity index is 1.40. The molecule has 0 bridgehead atoms. The lowest BCUT2D eigenvalue weighted by atomic mass is 10.1. The second-order valence-corrected chi connectivity index (χ2v) is 9.87. The molecule has 10 heteroatoms. The molecule has 0 saturated carbocycles. The van der Waals surface area contributed by atoms with Crippen molar-refractivity contribution in [2.45, 2.75) is 4.90 Å². The summed E-state index contributed by atoms with van der Waals surface area (Å²) in [5, 5.41) is 15.6. The summed E-state index contributed by atoms with van der Waals surface area (Å²) in [6.45, 7) is 0. The highest BCUT2D eigenvalue weighted by Crippen LogP contribution is 2.28. The van der Waals surface area contributed by atoms with Crippen molar-refractivity contribution in [2.75, 3.05) is 11.6 Å². The summed E-state index contributed by atoms with van der Waals surface area (Å²) < 4.78 is 39.0. The number of tetrazole rings is 1. The van der Waals surface area contributed by atoms with Crippen LogP contribution in [0.2, 0.25) is 0 Å². The van der Waals surface area contributed by atoms with Crippen LogP contribution in [0.4, 0.5) is 10.1 Å². The highest BCUT2D eigenvalue weighted by molar-refractivity contribution is 7.90. The van der Waals surface area contributed by atoms with Gasteiger partial charge in [-0.2, -0.15) is 4.68 Å². The highest BCUT2D eigenvalue weighted by atomic mass is 32.2. The van der Waals surface area contributed by atoms with Gasteiger partial charge in [-0.05, 0) is 69.2 Å². The van der Waals surface area contributed by atoms with Crippen molar-refractivity contribution in [3.8, 4) is 16.8 Å². The summed E-state index contributed by atoms with van der Waals surface area (Å²) >= 11 is 0. The Morgan fingerprint density at radius 1 is 0.914 bits per heavy atom. The molecule has 174 valence electrons. The van der Waals surface area contributed by atoms with Gasteiger partial charge in [0.25, 0.3) is 5.91 Å². The lowest BCUT2D eigenvalue weighted by Gasteiger charge is -2.10. The van der Waals surface area contributed by atoms with Crippen molar-refractivity contribution < 1.29 is 17.6 Å². The van der Waals surface area contributed by atoms with Crippen LogP contribution in [0.25, 0.3) is 27.6 Å². The molecule has 0 atom stereocenters. The first-order valence-electron chi connectivity index (χ1n) is 10.5. The van der Waals surface area contributed by atoms with Crippen molar-refractivity contribution in [2.24, 2.45) is 0 Å². The first-order chi connectivity index (χ1) is 16.8. The Morgan fingerprint density at radius 2 is 1.63 bits per heavy atom. The maximum Gasteiger partial charge on any atom is 0.295 e. The lowest BCUT2D eigenvalue weighted by molar-refractivity contribution is 0.101. The number of amides is 1. The molecular formula is C25H18FN5O3S. The van der Waals surface area contributed by atoms with E-state index in [1.165, 1.54) is 23.1 Å². The molecule has 0 aliphatic carbocycles. The number of carbonyl (C=O) groups excluding carboxylic acids is 1. The SMILES string of the molecule is CS(=O)(=O)c1ccccc1-c1ccc(NC(=O)c2nnnn2-c2ccc3cc(F)ccc3c2)cc1. The number of carbonyl (C=O) groups is 1. The molecule has 4 aromatic carbocycles. The predicted molar refractivity (Wildman–Crippen MR) is 130 cm³/mol. The van der Waals surface area contributed by atoms with E-state index in [0.717, 1.165) is 5.39 Å². The number of aromatic nitrogens is 4. The zero-order valence-electron chi connectivity index (χ0n) is 18.4. The number of nitrogens with zero attached hydrogens (tertiary/aromatic N) is 4. The number of sulfone groups is 1. The van der Waals surface area contributed by atoms with Crippen molar-refractivity contribution in [3.05, 3.63) is 96.6 Å². The summed E-state index contributed by atoms with van der Waals surface area (Å²) in [7, 11) is -3.40. The van der Waals surface area contributed by atoms with E-state index in [2.05, 4.69) is 20.8 Å². The van der Waals surface area contributed by atoms with Crippen LogP contribution in [0.1, 0.15) is 10.6 Å². The van der Waals surface area contributed by atoms with E-state index in [4.69, 9.17) is 0 Å². The largest absolute Gasteiger partial charge is 0.319 e. The third-order valence-electron chi connectivity index (χ3n) is 5.44. The zero-order chi connectivity index (χ0) is 24.6. The Kier molecular flexibility index (Phi) is 5.58. The van der Waals surface area contributed by atoms with Gasteiger partial charge in [0.15, 0.2) is 9.84 Å². The van der Waals surface area contributed by atoms with Crippen LogP contribution in [0.3, 0.4) is 0 Å². The average Bonchev–Trinajstić information content (AvgIpc) is 3.34. The molecule has 0 unspecified atom stereocenters. The molecule has 0 aliphatic rings. The third-order valence-corrected chi connectivity index (χ3v) is 6.60. The van der Waals surface area contributed by atoms with E-state index in [1.807, 2.05) is 0 Å². The zero-order valence-corrected chi connectivity index (χ0v) is 19.2. The average molecular weight is 488 g/mol. The monoisotopic (exact) mass is 487 g/mol. The first kappa shape index (κ1) is 22.4. The summed E-state index contributed by atoms with van der Waals surface area (Å²) in [4.78, 5) is 13.1. The normalized spacial score (nSPS) is 11.5. The molecule has 0 spiro atoms. The van der Waals surface area contributed by atoms with Crippen LogP contribution in [-0.2, 0) is 9.84 Å². The molecule has 1 N–H and O–H groups in total. The van der Waals surface area contributed by atoms with Gasteiger partial charge in [-0.1, -0.05) is 42.5 Å². The van der Waals surface area contributed by atoms with Gasteiger partial charge in [0.1, 0.15) is 5.82 Å². The molecule has 1 aromatic heterocycles. The fraction of sp³-hybridized carbons (Fsp3) is 0.0400. The van der Waals surface area contributed by atoms with E-state index >= 15 is 0 Å². The van der Waals surface area contributed by atoms with Gasteiger partial charge in [0.2, 0.25) is 5.82 Å². The Bertz CT molecular complexity index is 1680. The fourth-order valence-electron chi connectivity index (χ4n) is 3.79. The second-order valence-electron chi connectivity index (χ2n) is 7.89. The molecule has 0 radical (unpaired) electrons. The van der Waals surface area contributed by atoms with Crippen molar-refractivity contribution in [1.29, 1.82) is 0 Å². The number of hydrogen-bond donors (Lipinski definition) is 1. The molecule has 0 fully saturated rings. The maximum absolute atomic E-state index is 13.5. The highest BCUT2D eigenvalue weighted by Gasteiger charge is 2.18. The van der Waals surface area contributed by atoms with Gasteiger partial charge < -0.3 is 5.32 Å². The molecule has 0 aliphatic heterocycles. The van der Waals surface area contributed by atoms with Gasteiger partial charge in [-0.15, -0.1) is 5.10 Å². The predicted octanol–water partition coefficient (Wildman–Crippen LogP) is 4.28. The number of benzene rings is 4. The molecule has 1 amide bonds. The van der Waals surface area contributed by atoms with Crippen molar-refractivity contribution in [1.82, 2.24) is 20.2 Å². The minimum atomic E-state index is -3.40. The second kappa shape index (κ2) is 8.73. The fourth-order valence-corrected chi connectivity index (χ4v) is 4.70. The molecule has 1 heterocycles. The number of hydrogen-bond acceptors (Lipinski definition) is 6. The van der Waals surface area contributed by atoms with E-state index in [1.54, 1.807) is 72.8 Å². The summed E-state index contributed by atoms with van der Waals surface area (Å²) in [6.07, 6.45) is 1.17. The van der Waals surface area contributed by atoms with Crippen LogP contribution in [0, 0.1) is 5.82 Å². The summed E-state index contributed by atoms with van der Waals surface area (Å²) in [5.74, 6) is -0.894. The van der Waals surface area contributed by atoms with E-state index in [0.29, 0.717) is 27.9 Å². The first-order valence-corrected chi connectivity index (χ1v) is 12.4. The maximum atomic E-state index is 13.5. The number of rotatable bonds is 5. The van der Waals surface area contributed by atoms with Crippen molar-refractivity contribution >= 4 is 32.2 Å². The quantitative estimate of drug-likeness (QED) is 0.397. The van der Waals surface area contributed by atoms with Gasteiger partial charge in [-0.25, -0.2) is 12.8 Å². The van der Waals surface area contributed by atoms with E-state index in [-0.39, 0.29) is 16.5 Å². The molecule has 35 heavy (non-hydrogen) atoms. The Labute approximate surface area is 199 Å². The lowest BCUT2D eigenvalue weighted by Crippen LogP contribution is -2.18. The summed E-state index contributed by atoms with van der Waals surface area (Å²) in [5.41, 5.74) is 2.31. The van der Waals surface area contributed by atoms with E-state index < -0.39 is 15.7 Å². The van der Waals surface area contributed by atoms with Gasteiger partial charge in [-0.3, -0.25) is 4.79 Å². The minimum absolute atomic E-state index is 0.0297. The minimum Gasteiger partial charge on any atom is -0.319 e. The number of fused-ring (bicyclic) bond motifs is 1. The van der Waals surface area contributed by atoms with Crippen LogP contribution in [0.5, 0.6) is 0 Å². The number of halogens is 1. The van der Waals surface area contributed by atoms with Crippen molar-refractivity contribution in [3.63, 3.8) is 0 Å². The summed E-state index contributed by atoms with van der Waals surface area (Å²) in [6, 6.07) is 23.1. The third kappa shape index (κ3) is 4.51. The standard InChI is InChI=1S/C25H18FN5O3S/c1-35(33,34)23-5-3-2-4-22(23)16-7-11-20(12-8-16)27-25(32)24-28-29-30-31(24)21-13-9-17-14-19(26)10-6-18(17)15-21/h2-15H,1H3,(H,27,32). The van der Waals surface area contributed by atoms with E-state index in [9.17, 15) is 17.6 Å². The number of anilines is 1. The van der Waals surface area contributed by atoms with Gasteiger partial charge >= 0.3 is 0 Å². The Hall–Kier alpha value is -4.44. The number of nitrogens with one attached hydrogen (secondary N) is 1. The molecule has 8 nitrogen and oxygen atoms in total. The van der Waals surface area contributed by atoms with Crippen LogP contribution < -0.4 is 5.32 Å². The van der Waals surface area contributed by atoms with Gasteiger partial charge in [0, 0.05) is 17.5 Å². The molecular weight excluding hydrogens is 469 g/mol. The molecule has 5 aromatic rings. The van der Waals surface area contributed by atoms with Crippen LogP contribution >= 0.6 is 0 Å². The van der Waals surface area contributed by atoms with Gasteiger partial charge in [0.05, 0.1) is 10.6 Å². The topological polar surface area (TPSA) is 107 Å². The van der Waals surface area contributed by atoms with Crippen LogP contribution in [-0.4, -0.2) is 40.8 Å². The smallest absolute Gasteiger partial charge is 0.295 e. The molecule has 0 saturated heterocycles. The molecule has 5 rings (SSSR count).